The number of fused-ring (bicyclic) bond motifs is 1. The summed E-state index contributed by atoms with van der Waals surface area (Å²) in [5.74, 6) is 0.295. The van der Waals surface area contributed by atoms with Crippen molar-refractivity contribution in [3.63, 3.8) is 0 Å². The Bertz CT molecular complexity index is 1440. The molecule has 6 heteroatoms. The number of carbonyl (C=O) groups excluding carboxylic acids is 1. The highest BCUT2D eigenvalue weighted by Gasteiger charge is 2.34. The summed E-state index contributed by atoms with van der Waals surface area (Å²) in [5.41, 5.74) is 13.4. The third-order valence-electron chi connectivity index (χ3n) is 7.47. The summed E-state index contributed by atoms with van der Waals surface area (Å²) >= 11 is 0. The van der Waals surface area contributed by atoms with Crippen molar-refractivity contribution in [3.05, 3.63) is 108 Å². The van der Waals surface area contributed by atoms with E-state index in [9.17, 15) is 4.79 Å². The predicted molar refractivity (Wildman–Crippen MR) is 153 cm³/mol. The molecule has 3 aromatic carbocycles. The summed E-state index contributed by atoms with van der Waals surface area (Å²) in [5, 5.41) is 6.80. The van der Waals surface area contributed by atoms with Crippen LogP contribution in [0.15, 0.2) is 102 Å². The van der Waals surface area contributed by atoms with Crippen LogP contribution in [-0.4, -0.2) is 21.7 Å². The van der Waals surface area contributed by atoms with E-state index in [1.165, 1.54) is 19.3 Å². The van der Waals surface area contributed by atoms with Gasteiger partial charge in [0.15, 0.2) is 0 Å². The molecule has 2 heterocycles. The number of nitrogens with zero attached hydrogens (tertiary/aromatic N) is 4. The van der Waals surface area contributed by atoms with Gasteiger partial charge in [-0.3, -0.25) is 9.88 Å². The summed E-state index contributed by atoms with van der Waals surface area (Å²) in [6.07, 6.45) is 9.41. The lowest BCUT2D eigenvalue weighted by atomic mass is 9.82. The highest BCUT2D eigenvalue weighted by molar-refractivity contribution is 6.14. The highest BCUT2D eigenvalue weighted by atomic mass is 16.2. The summed E-state index contributed by atoms with van der Waals surface area (Å²) in [7, 11) is 0. The van der Waals surface area contributed by atoms with Crippen molar-refractivity contribution >= 4 is 28.8 Å². The maximum Gasteiger partial charge on any atom is 0.349 e. The molecule has 6 rings (SSSR count). The molecule has 1 saturated carbocycles. The number of pyridine rings is 1. The van der Waals surface area contributed by atoms with Crippen molar-refractivity contribution < 1.29 is 4.79 Å². The molecular formula is C32H31N5O. The second kappa shape index (κ2) is 10.5. The number of hydrogen-bond acceptors (Lipinski definition) is 4. The molecule has 4 aromatic rings. The van der Waals surface area contributed by atoms with Crippen LogP contribution in [-0.2, 0) is 6.54 Å². The molecule has 2 N–H and O–H groups in total. The minimum absolute atomic E-state index is 0.181. The Balaban J connectivity index is 1.55. The summed E-state index contributed by atoms with van der Waals surface area (Å²) in [4.78, 5) is 20.4. The summed E-state index contributed by atoms with van der Waals surface area (Å²) < 4.78 is 0. The van der Waals surface area contributed by atoms with Gasteiger partial charge in [-0.15, -0.1) is 0 Å². The van der Waals surface area contributed by atoms with E-state index in [1.54, 1.807) is 16.1 Å². The number of hydrogen-bond donors (Lipinski definition) is 1. The van der Waals surface area contributed by atoms with Gasteiger partial charge < -0.3 is 5.73 Å². The molecule has 0 saturated heterocycles. The van der Waals surface area contributed by atoms with Crippen molar-refractivity contribution in [1.29, 1.82) is 0 Å². The number of amides is 2. The molecule has 0 atom stereocenters. The van der Waals surface area contributed by atoms with Crippen LogP contribution < -0.4 is 10.6 Å². The second-order valence-corrected chi connectivity index (χ2v) is 10.0. The fourth-order valence-electron chi connectivity index (χ4n) is 5.50. The standard InChI is InChI=1S/C32H31N5O/c33-27-14-16-28(17-15-27)37-30-18-13-25(26-12-7-19-34-21-26)20-29(30)31(24-10-5-2-6-11-24)35-36(32(37)38)22-23-8-3-1-4-9-23/h1,3-4,7-9,12-21,24H,2,5-6,10-11,22,33H2. The van der Waals surface area contributed by atoms with Gasteiger partial charge in [0.05, 0.1) is 23.6 Å². The van der Waals surface area contributed by atoms with E-state index in [1.807, 2.05) is 66.9 Å². The van der Waals surface area contributed by atoms with Gasteiger partial charge in [-0.2, -0.15) is 5.10 Å². The van der Waals surface area contributed by atoms with Crippen molar-refractivity contribution in [2.24, 2.45) is 11.0 Å². The van der Waals surface area contributed by atoms with Crippen LogP contribution in [0.3, 0.4) is 0 Å². The molecule has 0 unspecified atom stereocenters. The Morgan fingerprint density at radius 2 is 1.63 bits per heavy atom. The Hall–Kier alpha value is -4.45. The molecule has 2 aliphatic rings. The van der Waals surface area contributed by atoms with Gasteiger partial charge in [-0.25, -0.2) is 9.80 Å². The van der Waals surface area contributed by atoms with Gasteiger partial charge in [0.2, 0.25) is 0 Å². The van der Waals surface area contributed by atoms with Crippen molar-refractivity contribution in [2.75, 3.05) is 10.6 Å². The number of urea groups is 1. The number of carbonyl (C=O) groups is 1. The van der Waals surface area contributed by atoms with Crippen LogP contribution in [0.2, 0.25) is 0 Å². The molecule has 0 spiro atoms. The van der Waals surface area contributed by atoms with Crippen molar-refractivity contribution in [1.82, 2.24) is 9.99 Å². The molecule has 1 aromatic heterocycles. The van der Waals surface area contributed by atoms with Crippen molar-refractivity contribution in [2.45, 2.75) is 38.6 Å². The number of aromatic nitrogens is 1. The molecule has 190 valence electrons. The van der Waals surface area contributed by atoms with E-state index in [2.05, 4.69) is 29.2 Å². The minimum Gasteiger partial charge on any atom is -0.399 e. The molecule has 1 aliphatic carbocycles. The number of anilines is 3. The lowest BCUT2D eigenvalue weighted by molar-refractivity contribution is 0.207. The van der Waals surface area contributed by atoms with Crippen LogP contribution in [0.5, 0.6) is 0 Å². The number of nitrogens with two attached hydrogens (primary N) is 1. The first-order valence-electron chi connectivity index (χ1n) is 13.3. The zero-order chi connectivity index (χ0) is 25.9. The van der Waals surface area contributed by atoms with E-state index in [0.29, 0.717) is 18.2 Å². The Labute approximate surface area is 223 Å². The Kier molecular flexibility index (Phi) is 6.61. The number of rotatable bonds is 5. The number of hydrazone groups is 1. The number of nitrogen functional groups attached to an aromatic ring is 1. The maximum atomic E-state index is 14.3. The SMILES string of the molecule is Nc1ccc(N2C(=O)N(Cc3ccccc3)N=C(C3CCCCC3)c3cc(-c4cccnc4)ccc32)cc1. The van der Waals surface area contributed by atoms with E-state index in [4.69, 9.17) is 10.8 Å². The summed E-state index contributed by atoms with van der Waals surface area (Å²) in [6.45, 7) is 0.394. The van der Waals surface area contributed by atoms with E-state index in [0.717, 1.165) is 52.2 Å². The first-order valence-corrected chi connectivity index (χ1v) is 13.3. The molecule has 1 aliphatic heterocycles. The van der Waals surface area contributed by atoms with Crippen molar-refractivity contribution in [3.8, 4) is 11.1 Å². The molecule has 6 nitrogen and oxygen atoms in total. The van der Waals surface area contributed by atoms with Gasteiger partial charge in [-0.05, 0) is 66.4 Å². The normalized spacial score (nSPS) is 16.1. The van der Waals surface area contributed by atoms with Gasteiger partial charge in [0.25, 0.3) is 0 Å². The lowest BCUT2D eigenvalue weighted by Gasteiger charge is -2.27. The topological polar surface area (TPSA) is 74.8 Å². The first-order chi connectivity index (χ1) is 18.7. The first kappa shape index (κ1) is 23.9. The average Bonchev–Trinajstić information content (AvgIpc) is 3.09. The maximum absolute atomic E-state index is 14.3. The second-order valence-electron chi connectivity index (χ2n) is 10.0. The Morgan fingerprint density at radius 1 is 0.842 bits per heavy atom. The van der Waals surface area contributed by atoms with Gasteiger partial charge in [-0.1, -0.05) is 61.7 Å². The molecule has 2 amide bonds. The highest BCUT2D eigenvalue weighted by Crippen LogP contribution is 2.39. The minimum atomic E-state index is -0.181. The molecule has 38 heavy (non-hydrogen) atoms. The van der Waals surface area contributed by atoms with Crippen LogP contribution >= 0.6 is 0 Å². The third-order valence-corrected chi connectivity index (χ3v) is 7.47. The van der Waals surface area contributed by atoms with E-state index >= 15 is 0 Å². The van der Waals surface area contributed by atoms with Gasteiger partial charge in [0.1, 0.15) is 0 Å². The Morgan fingerprint density at radius 3 is 2.37 bits per heavy atom. The summed E-state index contributed by atoms with van der Waals surface area (Å²) in [6, 6.07) is 27.7. The zero-order valence-electron chi connectivity index (χ0n) is 21.3. The lowest BCUT2D eigenvalue weighted by Crippen LogP contribution is -2.36. The van der Waals surface area contributed by atoms with Crippen LogP contribution in [0.25, 0.3) is 11.1 Å². The van der Waals surface area contributed by atoms with Crippen LogP contribution in [0.4, 0.5) is 21.9 Å². The quantitative estimate of drug-likeness (QED) is 0.290. The van der Waals surface area contributed by atoms with Gasteiger partial charge >= 0.3 is 6.03 Å². The van der Waals surface area contributed by atoms with E-state index < -0.39 is 0 Å². The fraction of sp³-hybridized carbons (Fsp3) is 0.219. The zero-order valence-corrected chi connectivity index (χ0v) is 21.3. The smallest absolute Gasteiger partial charge is 0.349 e. The van der Waals surface area contributed by atoms with Gasteiger partial charge in [0, 0.05) is 35.1 Å². The monoisotopic (exact) mass is 501 g/mol. The molecule has 0 radical (unpaired) electrons. The fourth-order valence-corrected chi connectivity index (χ4v) is 5.50. The predicted octanol–water partition coefficient (Wildman–Crippen LogP) is 7.39. The molecule has 1 fully saturated rings. The number of benzene rings is 3. The third kappa shape index (κ3) is 4.77. The largest absolute Gasteiger partial charge is 0.399 e. The van der Waals surface area contributed by atoms with E-state index in [-0.39, 0.29) is 6.03 Å². The average molecular weight is 502 g/mol. The van der Waals surface area contributed by atoms with Crippen LogP contribution in [0.1, 0.15) is 43.2 Å². The molecular weight excluding hydrogens is 470 g/mol. The molecule has 0 bridgehead atoms. The van der Waals surface area contributed by atoms with Crippen LogP contribution in [0, 0.1) is 5.92 Å².